The minimum Gasteiger partial charge on any atom is -0.466 e. The number of hydrogen-bond acceptors (Lipinski definition) is 5. The van der Waals surface area contributed by atoms with Crippen molar-refractivity contribution >= 4 is 35.0 Å². The van der Waals surface area contributed by atoms with Crippen LogP contribution in [-0.4, -0.2) is 42.6 Å². The molecular formula is C33H34N2O4. The van der Waals surface area contributed by atoms with Gasteiger partial charge < -0.3 is 14.5 Å². The third-order valence-electron chi connectivity index (χ3n) is 6.70. The topological polar surface area (TPSA) is 71.6 Å². The summed E-state index contributed by atoms with van der Waals surface area (Å²) in [5, 5.41) is 1.28. The number of nitrogens with one attached hydrogen (secondary N) is 1. The van der Waals surface area contributed by atoms with E-state index in [1.54, 1.807) is 12.2 Å². The number of aromatic amines is 1. The fourth-order valence-electron chi connectivity index (χ4n) is 4.59. The molecule has 1 heterocycles. The first kappa shape index (κ1) is 27.6. The Hall–Kier alpha value is -4.42. The molecular weight excluding hydrogens is 488 g/mol. The molecule has 1 aromatic heterocycles. The first-order valence-electron chi connectivity index (χ1n) is 12.9. The number of carbonyl (C=O) groups is 2. The van der Waals surface area contributed by atoms with Gasteiger partial charge in [-0.3, -0.25) is 4.90 Å². The van der Waals surface area contributed by atoms with Gasteiger partial charge in [0.1, 0.15) is 0 Å². The van der Waals surface area contributed by atoms with Crippen LogP contribution in [0.4, 0.5) is 0 Å². The van der Waals surface area contributed by atoms with Crippen LogP contribution in [-0.2, 0) is 38.6 Å². The molecule has 0 unspecified atom stereocenters. The van der Waals surface area contributed by atoms with Crippen molar-refractivity contribution in [2.24, 2.45) is 0 Å². The molecule has 39 heavy (non-hydrogen) atoms. The molecule has 0 amide bonds. The van der Waals surface area contributed by atoms with Crippen LogP contribution in [0.2, 0.25) is 0 Å². The Balaban J connectivity index is 1.50. The molecule has 0 saturated carbocycles. The van der Waals surface area contributed by atoms with Gasteiger partial charge in [0.25, 0.3) is 0 Å². The van der Waals surface area contributed by atoms with Crippen molar-refractivity contribution in [2.45, 2.75) is 26.4 Å². The quantitative estimate of drug-likeness (QED) is 0.191. The van der Waals surface area contributed by atoms with E-state index in [9.17, 15) is 9.59 Å². The summed E-state index contributed by atoms with van der Waals surface area (Å²) in [5.41, 5.74) is 8.00. The lowest BCUT2D eigenvalue weighted by Crippen LogP contribution is -2.25. The van der Waals surface area contributed by atoms with E-state index < -0.39 is 0 Å². The van der Waals surface area contributed by atoms with Crippen LogP contribution in [0, 0.1) is 6.92 Å². The van der Waals surface area contributed by atoms with Crippen LogP contribution in [0.3, 0.4) is 0 Å². The van der Waals surface area contributed by atoms with Crippen LogP contribution in [0.15, 0.2) is 84.9 Å². The predicted octanol–water partition coefficient (Wildman–Crippen LogP) is 6.09. The van der Waals surface area contributed by atoms with E-state index >= 15 is 0 Å². The summed E-state index contributed by atoms with van der Waals surface area (Å²) < 4.78 is 9.35. The van der Waals surface area contributed by atoms with E-state index in [-0.39, 0.29) is 11.9 Å². The van der Waals surface area contributed by atoms with Gasteiger partial charge in [-0.2, -0.15) is 0 Å². The van der Waals surface area contributed by atoms with Crippen LogP contribution in [0.1, 0.15) is 33.5 Å². The largest absolute Gasteiger partial charge is 0.466 e. The normalized spacial score (nSPS) is 11.6. The third kappa shape index (κ3) is 7.79. The Morgan fingerprint density at radius 2 is 1.28 bits per heavy atom. The van der Waals surface area contributed by atoms with Crippen LogP contribution in [0.5, 0.6) is 0 Å². The Bertz CT molecular complexity index is 1390. The molecule has 0 fully saturated rings. The maximum absolute atomic E-state index is 11.4. The second-order valence-corrected chi connectivity index (χ2v) is 9.43. The number of aromatic nitrogens is 1. The van der Waals surface area contributed by atoms with Crippen molar-refractivity contribution in [2.75, 3.05) is 20.8 Å². The number of ether oxygens (including phenoxy) is 2. The van der Waals surface area contributed by atoms with E-state index in [4.69, 9.17) is 0 Å². The highest BCUT2D eigenvalue weighted by Gasteiger charge is 2.12. The maximum Gasteiger partial charge on any atom is 0.330 e. The van der Waals surface area contributed by atoms with Crippen molar-refractivity contribution in [1.29, 1.82) is 0 Å². The third-order valence-corrected chi connectivity index (χ3v) is 6.70. The average molecular weight is 523 g/mol. The smallest absolute Gasteiger partial charge is 0.330 e. The number of benzene rings is 3. The lowest BCUT2D eigenvalue weighted by Gasteiger charge is -2.23. The fourth-order valence-corrected chi connectivity index (χ4v) is 4.59. The molecule has 6 nitrogen and oxygen atoms in total. The summed E-state index contributed by atoms with van der Waals surface area (Å²) in [7, 11) is 2.74. The number of carbonyl (C=O) groups excluding carboxylic acids is 2. The van der Waals surface area contributed by atoms with Gasteiger partial charge in [0, 0.05) is 48.4 Å². The molecule has 0 aliphatic rings. The zero-order valence-corrected chi connectivity index (χ0v) is 22.6. The molecule has 0 aliphatic carbocycles. The SMILES string of the molecule is COC(=O)/C=C/c1ccc(CN(CCc2c(C)[nH]c3ccccc23)Cc2ccc(/C=C/C(=O)OC)cc2)cc1. The minimum absolute atomic E-state index is 0.371. The van der Waals surface area contributed by atoms with Gasteiger partial charge in [0.05, 0.1) is 14.2 Å². The highest BCUT2D eigenvalue weighted by Crippen LogP contribution is 2.23. The van der Waals surface area contributed by atoms with Gasteiger partial charge in [-0.1, -0.05) is 66.7 Å². The number of rotatable bonds is 11. The van der Waals surface area contributed by atoms with Crippen molar-refractivity contribution in [3.63, 3.8) is 0 Å². The molecule has 0 spiro atoms. The lowest BCUT2D eigenvalue weighted by molar-refractivity contribution is -0.135. The summed E-state index contributed by atoms with van der Waals surface area (Å²) in [5.74, 6) is -0.741. The Kier molecular flexibility index (Phi) is 9.48. The molecule has 0 aliphatic heterocycles. The van der Waals surface area contributed by atoms with E-state index in [0.29, 0.717) is 0 Å². The van der Waals surface area contributed by atoms with E-state index in [2.05, 4.69) is 74.8 Å². The summed E-state index contributed by atoms with van der Waals surface area (Å²) >= 11 is 0. The standard InChI is InChI=1S/C33H34N2O4/c1-24-29(30-6-4-5-7-31(30)34-24)20-21-35(22-27-12-8-25(9-13-27)16-18-32(36)38-2)23-28-14-10-26(11-15-28)17-19-33(37)39-3/h4-19,34H,20-23H2,1-3H3/b18-16+,19-17+. The summed E-state index contributed by atoms with van der Waals surface area (Å²) in [4.78, 5) is 28.8. The molecule has 0 bridgehead atoms. The van der Waals surface area contributed by atoms with Crippen molar-refractivity contribution < 1.29 is 19.1 Å². The zero-order valence-electron chi connectivity index (χ0n) is 22.6. The average Bonchev–Trinajstić information content (AvgIpc) is 3.29. The Labute approximate surface area is 229 Å². The van der Waals surface area contributed by atoms with Crippen LogP contribution in [0.25, 0.3) is 23.1 Å². The van der Waals surface area contributed by atoms with Gasteiger partial charge in [0.15, 0.2) is 0 Å². The van der Waals surface area contributed by atoms with E-state index in [1.165, 1.54) is 59.7 Å². The monoisotopic (exact) mass is 522 g/mol. The van der Waals surface area contributed by atoms with Gasteiger partial charge >= 0.3 is 11.9 Å². The number of methoxy groups -OCH3 is 2. The van der Waals surface area contributed by atoms with Crippen molar-refractivity contribution in [1.82, 2.24) is 9.88 Å². The number of nitrogens with zero attached hydrogens (tertiary/aromatic N) is 1. The highest BCUT2D eigenvalue weighted by molar-refractivity contribution is 5.87. The first-order valence-corrected chi connectivity index (χ1v) is 12.9. The second-order valence-electron chi connectivity index (χ2n) is 9.43. The number of aryl methyl sites for hydroxylation is 1. The molecule has 4 rings (SSSR count). The summed E-state index contributed by atoms with van der Waals surface area (Å²) in [6.07, 6.45) is 7.28. The van der Waals surface area contributed by atoms with Crippen LogP contribution >= 0.6 is 0 Å². The maximum atomic E-state index is 11.4. The van der Waals surface area contributed by atoms with Gasteiger partial charge in [0.2, 0.25) is 0 Å². The number of H-pyrrole nitrogens is 1. The molecule has 0 saturated heterocycles. The molecule has 0 radical (unpaired) electrons. The number of hydrogen-bond donors (Lipinski definition) is 1. The Morgan fingerprint density at radius 1 is 0.769 bits per heavy atom. The molecule has 1 N–H and O–H groups in total. The first-order chi connectivity index (χ1) is 18.9. The Morgan fingerprint density at radius 3 is 1.79 bits per heavy atom. The molecule has 0 atom stereocenters. The molecule has 6 heteroatoms. The number of para-hydroxylation sites is 1. The zero-order chi connectivity index (χ0) is 27.6. The number of fused-ring (bicyclic) bond motifs is 1. The van der Waals surface area contributed by atoms with E-state index in [1.807, 2.05) is 24.3 Å². The summed E-state index contributed by atoms with van der Waals surface area (Å²) in [6, 6.07) is 24.9. The van der Waals surface area contributed by atoms with Crippen molar-refractivity contribution in [3.8, 4) is 0 Å². The van der Waals surface area contributed by atoms with Gasteiger partial charge in [-0.25, -0.2) is 9.59 Å². The summed E-state index contributed by atoms with van der Waals surface area (Å²) in [6.45, 7) is 4.59. The number of esters is 2. The highest BCUT2D eigenvalue weighted by atomic mass is 16.5. The van der Waals surface area contributed by atoms with E-state index in [0.717, 1.165) is 37.2 Å². The molecule has 200 valence electrons. The van der Waals surface area contributed by atoms with Crippen LogP contribution < -0.4 is 0 Å². The van der Waals surface area contributed by atoms with Crippen molar-refractivity contribution in [3.05, 3.63) is 118 Å². The predicted molar refractivity (Wildman–Crippen MR) is 156 cm³/mol. The lowest BCUT2D eigenvalue weighted by atomic mass is 10.1. The second kappa shape index (κ2) is 13.4. The molecule has 4 aromatic rings. The van der Waals surface area contributed by atoms with Gasteiger partial charge in [-0.15, -0.1) is 0 Å². The minimum atomic E-state index is -0.371. The van der Waals surface area contributed by atoms with Gasteiger partial charge in [-0.05, 0) is 59.4 Å². The molecule has 3 aromatic carbocycles. The fraction of sp³-hybridized carbons (Fsp3) is 0.212.